The van der Waals surface area contributed by atoms with Crippen molar-refractivity contribution in [3.8, 4) is 0 Å². The lowest BCUT2D eigenvalue weighted by Gasteiger charge is -2.12. The summed E-state index contributed by atoms with van der Waals surface area (Å²) in [5.74, 6) is -3.05. The lowest BCUT2D eigenvalue weighted by molar-refractivity contribution is 0.102. The molecule has 0 unspecified atom stereocenters. The van der Waals surface area contributed by atoms with Crippen molar-refractivity contribution in [2.75, 3.05) is 5.73 Å². The van der Waals surface area contributed by atoms with Gasteiger partial charge in [-0.3, -0.25) is 4.79 Å². The molecule has 23 heavy (non-hydrogen) atoms. The quantitative estimate of drug-likeness (QED) is 0.466. The van der Waals surface area contributed by atoms with E-state index in [2.05, 4.69) is 27.8 Å². The first kappa shape index (κ1) is 17.1. The van der Waals surface area contributed by atoms with Gasteiger partial charge in [-0.15, -0.1) is 0 Å². The largest absolute Gasteiger partial charge is 0.396 e. The molecule has 0 amide bonds. The predicted molar refractivity (Wildman–Crippen MR) is 85.2 cm³/mol. The Morgan fingerprint density at radius 3 is 2.52 bits per heavy atom. The molecule has 0 spiro atoms. The van der Waals surface area contributed by atoms with E-state index in [9.17, 15) is 18.0 Å². The topological polar surface area (TPSA) is 55.1 Å². The first-order chi connectivity index (χ1) is 10.8. The third-order valence-electron chi connectivity index (χ3n) is 3.12. The molecule has 0 aromatic heterocycles. The van der Waals surface area contributed by atoms with Crippen LogP contribution >= 0.6 is 15.9 Å². The standard InChI is InChI=1S/C16H12BrF3N2O/c1-8(16(23)12-3-2-10(17)5-13(12)19)22-7-9-4-11(18)6-14(20)15(9)21/h2-6,22H,1,7,21H2. The van der Waals surface area contributed by atoms with Gasteiger partial charge in [-0.05, 0) is 29.8 Å². The summed E-state index contributed by atoms with van der Waals surface area (Å²) in [6, 6.07) is 5.69. The minimum atomic E-state index is -0.891. The van der Waals surface area contributed by atoms with Crippen LogP contribution in [0.1, 0.15) is 15.9 Å². The fraction of sp³-hybridized carbons (Fsp3) is 0.0625. The van der Waals surface area contributed by atoms with E-state index in [1.54, 1.807) is 0 Å². The van der Waals surface area contributed by atoms with Gasteiger partial charge in [0.25, 0.3) is 0 Å². The van der Waals surface area contributed by atoms with Crippen LogP contribution in [0.3, 0.4) is 0 Å². The molecule has 0 atom stereocenters. The van der Waals surface area contributed by atoms with Crippen LogP contribution in [-0.2, 0) is 6.54 Å². The fourth-order valence-electron chi connectivity index (χ4n) is 1.90. The highest BCUT2D eigenvalue weighted by Gasteiger charge is 2.16. The second-order valence-electron chi connectivity index (χ2n) is 4.75. The monoisotopic (exact) mass is 384 g/mol. The molecule has 7 heteroatoms. The minimum Gasteiger partial charge on any atom is -0.396 e. The van der Waals surface area contributed by atoms with Crippen molar-refractivity contribution in [2.45, 2.75) is 6.54 Å². The number of rotatable bonds is 5. The van der Waals surface area contributed by atoms with Gasteiger partial charge in [-0.25, -0.2) is 13.2 Å². The van der Waals surface area contributed by atoms with E-state index in [0.717, 1.165) is 12.1 Å². The van der Waals surface area contributed by atoms with Crippen LogP contribution in [0.4, 0.5) is 18.9 Å². The Bertz CT molecular complexity index is 793. The number of carbonyl (C=O) groups excluding carboxylic acids is 1. The van der Waals surface area contributed by atoms with Gasteiger partial charge in [0.05, 0.1) is 16.9 Å². The Balaban J connectivity index is 2.12. The summed E-state index contributed by atoms with van der Waals surface area (Å²) in [6.07, 6.45) is 0. The molecule has 0 heterocycles. The summed E-state index contributed by atoms with van der Waals surface area (Å²) in [4.78, 5) is 12.1. The molecule has 0 radical (unpaired) electrons. The summed E-state index contributed by atoms with van der Waals surface area (Å²) < 4.78 is 40.8. The fourth-order valence-corrected chi connectivity index (χ4v) is 2.24. The second-order valence-corrected chi connectivity index (χ2v) is 5.66. The Labute approximate surface area is 139 Å². The van der Waals surface area contributed by atoms with E-state index in [1.807, 2.05) is 0 Å². The number of nitrogens with one attached hydrogen (secondary N) is 1. The molecule has 0 saturated carbocycles. The van der Waals surface area contributed by atoms with Gasteiger partial charge >= 0.3 is 0 Å². The Kier molecular flexibility index (Phi) is 5.10. The number of nitrogens with two attached hydrogens (primary N) is 1. The normalized spacial score (nSPS) is 10.4. The highest BCUT2D eigenvalue weighted by atomic mass is 79.9. The Morgan fingerprint density at radius 1 is 1.17 bits per heavy atom. The highest BCUT2D eigenvalue weighted by Crippen LogP contribution is 2.20. The van der Waals surface area contributed by atoms with Gasteiger partial charge in [0.1, 0.15) is 17.5 Å². The van der Waals surface area contributed by atoms with Gasteiger partial charge in [-0.2, -0.15) is 0 Å². The molecule has 0 saturated heterocycles. The van der Waals surface area contributed by atoms with Crippen LogP contribution in [-0.4, -0.2) is 5.78 Å². The molecule has 0 fully saturated rings. The van der Waals surface area contributed by atoms with Crippen molar-refractivity contribution >= 4 is 27.4 Å². The van der Waals surface area contributed by atoms with Crippen molar-refractivity contribution in [2.24, 2.45) is 0 Å². The van der Waals surface area contributed by atoms with Gasteiger partial charge in [0.15, 0.2) is 0 Å². The molecular weight excluding hydrogens is 373 g/mol. The lowest BCUT2D eigenvalue weighted by Crippen LogP contribution is -2.21. The zero-order valence-electron chi connectivity index (χ0n) is 11.8. The van der Waals surface area contributed by atoms with Crippen molar-refractivity contribution in [1.82, 2.24) is 5.32 Å². The average Bonchev–Trinajstić information content (AvgIpc) is 2.48. The Morgan fingerprint density at radius 2 is 1.87 bits per heavy atom. The van der Waals surface area contributed by atoms with E-state index >= 15 is 0 Å². The first-order valence-corrected chi connectivity index (χ1v) is 7.25. The number of halogens is 4. The van der Waals surface area contributed by atoms with Crippen LogP contribution in [0.25, 0.3) is 0 Å². The molecule has 2 rings (SSSR count). The van der Waals surface area contributed by atoms with Crippen LogP contribution in [0, 0.1) is 17.5 Å². The molecule has 3 nitrogen and oxygen atoms in total. The number of hydrogen-bond acceptors (Lipinski definition) is 3. The zero-order chi connectivity index (χ0) is 17.1. The molecule has 0 aliphatic carbocycles. The van der Waals surface area contributed by atoms with Crippen LogP contribution in [0.15, 0.2) is 47.1 Å². The molecule has 2 aromatic carbocycles. The Hall–Kier alpha value is -2.28. The smallest absolute Gasteiger partial charge is 0.211 e. The number of carbonyl (C=O) groups is 1. The second kappa shape index (κ2) is 6.87. The molecule has 0 aliphatic heterocycles. The molecule has 120 valence electrons. The van der Waals surface area contributed by atoms with Crippen LogP contribution < -0.4 is 11.1 Å². The number of allylic oxidation sites excluding steroid dienone is 1. The maximum atomic E-state index is 13.8. The van der Waals surface area contributed by atoms with Gasteiger partial charge in [0, 0.05) is 17.1 Å². The highest BCUT2D eigenvalue weighted by molar-refractivity contribution is 9.10. The summed E-state index contributed by atoms with van der Waals surface area (Å²) in [6.45, 7) is 3.39. The molecule has 3 N–H and O–H groups in total. The van der Waals surface area contributed by atoms with Crippen LogP contribution in [0.5, 0.6) is 0 Å². The molecular formula is C16H12BrF3N2O. The number of ketones is 1. The maximum Gasteiger partial charge on any atom is 0.211 e. The summed E-state index contributed by atoms with van der Waals surface area (Å²) in [5.41, 5.74) is 5.13. The van der Waals surface area contributed by atoms with Crippen molar-refractivity contribution in [3.05, 3.63) is 75.7 Å². The molecule has 0 bridgehead atoms. The zero-order valence-corrected chi connectivity index (χ0v) is 13.4. The first-order valence-electron chi connectivity index (χ1n) is 6.45. The number of anilines is 1. The number of nitrogen functional groups attached to an aromatic ring is 1. The van der Waals surface area contributed by atoms with Gasteiger partial charge < -0.3 is 11.1 Å². The van der Waals surface area contributed by atoms with Gasteiger partial charge in [-0.1, -0.05) is 22.5 Å². The predicted octanol–water partition coefficient (Wildman–Crippen LogP) is 3.93. The molecule has 2 aromatic rings. The third kappa shape index (κ3) is 3.92. The van der Waals surface area contributed by atoms with Crippen LogP contribution in [0.2, 0.25) is 0 Å². The number of hydrogen-bond donors (Lipinski definition) is 2. The van der Waals surface area contributed by atoms with Gasteiger partial charge in [0.2, 0.25) is 5.78 Å². The SMILES string of the molecule is C=C(NCc1cc(F)cc(F)c1N)C(=O)c1ccc(Br)cc1F. The number of benzene rings is 2. The minimum absolute atomic E-state index is 0.115. The van der Waals surface area contributed by atoms with Crippen molar-refractivity contribution in [3.63, 3.8) is 0 Å². The summed E-state index contributed by atoms with van der Waals surface area (Å²) in [7, 11) is 0. The third-order valence-corrected chi connectivity index (χ3v) is 3.62. The van der Waals surface area contributed by atoms with E-state index in [-0.39, 0.29) is 29.1 Å². The lowest BCUT2D eigenvalue weighted by atomic mass is 10.1. The van der Waals surface area contributed by atoms with Crippen molar-refractivity contribution in [1.29, 1.82) is 0 Å². The van der Waals surface area contributed by atoms with E-state index in [1.165, 1.54) is 12.1 Å². The van der Waals surface area contributed by atoms with E-state index < -0.39 is 23.2 Å². The summed E-state index contributed by atoms with van der Waals surface area (Å²) >= 11 is 3.09. The average molecular weight is 385 g/mol. The van der Waals surface area contributed by atoms with E-state index in [4.69, 9.17) is 5.73 Å². The summed E-state index contributed by atoms with van der Waals surface area (Å²) in [5, 5.41) is 2.60. The van der Waals surface area contributed by atoms with Crippen molar-refractivity contribution < 1.29 is 18.0 Å². The van der Waals surface area contributed by atoms with E-state index in [0.29, 0.717) is 10.5 Å². The maximum absolute atomic E-state index is 13.8. The molecule has 0 aliphatic rings. The number of Topliss-reactive ketones (excluding diaryl/α,β-unsaturated/α-hetero) is 1.